The van der Waals surface area contributed by atoms with Crippen LogP contribution in [0.5, 0.6) is 0 Å². The van der Waals surface area contributed by atoms with Crippen molar-refractivity contribution >= 4 is 17.2 Å². The number of carbonyl (C=O) groups excluding carboxylic acids is 1. The number of amides is 1. The maximum atomic E-state index is 12.2. The van der Waals surface area contributed by atoms with Crippen LogP contribution in [-0.4, -0.2) is 68.2 Å². The SMILES string of the molecule is O=C(CNCCN1CCOCC1)N1CCc2sccc2C1. The van der Waals surface area contributed by atoms with E-state index in [2.05, 4.69) is 21.7 Å². The molecule has 3 heterocycles. The Morgan fingerprint density at radius 1 is 1.33 bits per heavy atom. The van der Waals surface area contributed by atoms with Crippen LogP contribution in [-0.2, 0) is 22.5 Å². The van der Waals surface area contributed by atoms with Crippen molar-refractivity contribution in [1.82, 2.24) is 15.1 Å². The van der Waals surface area contributed by atoms with Gasteiger partial charge in [-0.05, 0) is 23.4 Å². The molecule has 0 spiro atoms. The lowest BCUT2D eigenvalue weighted by atomic mass is 10.1. The first-order valence-corrected chi connectivity index (χ1v) is 8.55. The Labute approximate surface area is 129 Å². The summed E-state index contributed by atoms with van der Waals surface area (Å²) in [6.07, 6.45) is 1.01. The van der Waals surface area contributed by atoms with Crippen LogP contribution in [0.4, 0.5) is 0 Å². The van der Waals surface area contributed by atoms with E-state index in [0.717, 1.165) is 58.9 Å². The van der Waals surface area contributed by atoms with Gasteiger partial charge < -0.3 is 15.0 Å². The van der Waals surface area contributed by atoms with Gasteiger partial charge in [-0.15, -0.1) is 11.3 Å². The molecule has 1 N–H and O–H groups in total. The zero-order valence-electron chi connectivity index (χ0n) is 12.3. The number of nitrogens with zero attached hydrogens (tertiary/aromatic N) is 2. The fraction of sp³-hybridized carbons (Fsp3) is 0.667. The van der Waals surface area contributed by atoms with Gasteiger partial charge in [-0.1, -0.05) is 0 Å². The predicted molar refractivity (Wildman–Crippen MR) is 83.6 cm³/mol. The van der Waals surface area contributed by atoms with Gasteiger partial charge in [-0.25, -0.2) is 0 Å². The Kier molecular flexibility index (Phi) is 5.24. The average Bonchev–Trinajstić information content (AvgIpc) is 3.00. The van der Waals surface area contributed by atoms with E-state index in [1.807, 2.05) is 16.2 Å². The predicted octanol–water partition coefficient (Wildman–Crippen LogP) is 0.555. The normalized spacial score (nSPS) is 19.5. The number of thiophene rings is 1. The van der Waals surface area contributed by atoms with Crippen LogP contribution >= 0.6 is 11.3 Å². The Morgan fingerprint density at radius 3 is 3.05 bits per heavy atom. The third-order valence-electron chi connectivity index (χ3n) is 4.15. The van der Waals surface area contributed by atoms with Gasteiger partial charge in [0.2, 0.25) is 5.91 Å². The van der Waals surface area contributed by atoms with Crippen molar-refractivity contribution in [2.24, 2.45) is 0 Å². The minimum atomic E-state index is 0.217. The molecule has 0 saturated carbocycles. The van der Waals surface area contributed by atoms with E-state index >= 15 is 0 Å². The largest absolute Gasteiger partial charge is 0.379 e. The zero-order valence-corrected chi connectivity index (χ0v) is 13.2. The number of rotatable bonds is 5. The number of hydrogen-bond acceptors (Lipinski definition) is 5. The highest BCUT2D eigenvalue weighted by molar-refractivity contribution is 7.10. The van der Waals surface area contributed by atoms with Gasteiger partial charge in [0.25, 0.3) is 0 Å². The van der Waals surface area contributed by atoms with E-state index in [4.69, 9.17) is 4.74 Å². The molecule has 21 heavy (non-hydrogen) atoms. The Balaban J connectivity index is 1.35. The second-order valence-electron chi connectivity index (χ2n) is 5.57. The van der Waals surface area contributed by atoms with E-state index < -0.39 is 0 Å². The molecule has 6 heteroatoms. The molecule has 2 aliphatic heterocycles. The molecule has 5 nitrogen and oxygen atoms in total. The van der Waals surface area contributed by atoms with Crippen LogP contribution in [0.25, 0.3) is 0 Å². The quantitative estimate of drug-likeness (QED) is 0.807. The Bertz CT molecular complexity index is 471. The van der Waals surface area contributed by atoms with Crippen LogP contribution in [0, 0.1) is 0 Å². The van der Waals surface area contributed by atoms with E-state index in [1.165, 1.54) is 10.4 Å². The molecule has 3 rings (SSSR count). The molecular weight excluding hydrogens is 286 g/mol. The van der Waals surface area contributed by atoms with Gasteiger partial charge >= 0.3 is 0 Å². The highest BCUT2D eigenvalue weighted by Gasteiger charge is 2.20. The minimum absolute atomic E-state index is 0.217. The first-order chi connectivity index (χ1) is 10.3. The van der Waals surface area contributed by atoms with Gasteiger partial charge in [0.1, 0.15) is 0 Å². The molecule has 1 aromatic heterocycles. The summed E-state index contributed by atoms with van der Waals surface area (Å²) in [5.74, 6) is 0.217. The molecule has 0 bridgehead atoms. The van der Waals surface area contributed by atoms with Crippen molar-refractivity contribution in [3.8, 4) is 0 Å². The number of nitrogens with one attached hydrogen (secondary N) is 1. The van der Waals surface area contributed by atoms with Gasteiger partial charge in [-0.3, -0.25) is 9.69 Å². The number of hydrogen-bond donors (Lipinski definition) is 1. The fourth-order valence-electron chi connectivity index (χ4n) is 2.83. The Hall–Kier alpha value is -0.950. The highest BCUT2D eigenvalue weighted by atomic mass is 32.1. The third kappa shape index (κ3) is 4.03. The van der Waals surface area contributed by atoms with E-state index in [9.17, 15) is 4.79 Å². The summed E-state index contributed by atoms with van der Waals surface area (Å²) in [6, 6.07) is 2.14. The van der Waals surface area contributed by atoms with Crippen LogP contribution in [0.15, 0.2) is 11.4 Å². The molecular formula is C15H23N3O2S. The smallest absolute Gasteiger partial charge is 0.236 e. The van der Waals surface area contributed by atoms with Gasteiger partial charge in [-0.2, -0.15) is 0 Å². The van der Waals surface area contributed by atoms with Crippen LogP contribution in [0.3, 0.4) is 0 Å². The molecule has 1 fully saturated rings. The summed E-state index contributed by atoms with van der Waals surface area (Å²) >= 11 is 1.81. The van der Waals surface area contributed by atoms with Gasteiger partial charge in [0.05, 0.1) is 19.8 Å². The second-order valence-corrected chi connectivity index (χ2v) is 6.57. The van der Waals surface area contributed by atoms with Crippen molar-refractivity contribution in [3.63, 3.8) is 0 Å². The summed E-state index contributed by atoms with van der Waals surface area (Å²) in [5, 5.41) is 5.40. The lowest BCUT2D eigenvalue weighted by Gasteiger charge is -2.28. The summed E-state index contributed by atoms with van der Waals surface area (Å²) in [4.78, 5) is 18.0. The maximum Gasteiger partial charge on any atom is 0.236 e. The van der Waals surface area contributed by atoms with E-state index in [0.29, 0.717) is 6.54 Å². The first kappa shape index (κ1) is 15.0. The number of ether oxygens (including phenoxy) is 1. The number of morpholine rings is 1. The zero-order chi connectivity index (χ0) is 14.5. The monoisotopic (exact) mass is 309 g/mol. The van der Waals surface area contributed by atoms with Crippen molar-refractivity contribution in [2.45, 2.75) is 13.0 Å². The lowest BCUT2D eigenvalue weighted by molar-refractivity contribution is -0.131. The molecule has 0 atom stereocenters. The summed E-state index contributed by atoms with van der Waals surface area (Å²) < 4.78 is 5.32. The minimum Gasteiger partial charge on any atom is -0.379 e. The first-order valence-electron chi connectivity index (χ1n) is 7.67. The standard InChI is InChI=1S/C15H23N3O2S/c19-15(11-16-3-5-17-6-8-20-9-7-17)18-4-1-14-13(12-18)2-10-21-14/h2,10,16H,1,3-9,11-12H2. The van der Waals surface area contributed by atoms with Gasteiger partial charge in [0.15, 0.2) is 0 Å². The molecule has 2 aliphatic rings. The van der Waals surface area contributed by atoms with E-state index in [1.54, 1.807) is 0 Å². The highest BCUT2D eigenvalue weighted by Crippen LogP contribution is 2.23. The molecule has 1 aromatic rings. The fourth-order valence-corrected chi connectivity index (χ4v) is 3.72. The molecule has 0 unspecified atom stereocenters. The average molecular weight is 309 g/mol. The van der Waals surface area contributed by atoms with E-state index in [-0.39, 0.29) is 5.91 Å². The van der Waals surface area contributed by atoms with Crippen molar-refractivity contribution in [2.75, 3.05) is 52.5 Å². The topological polar surface area (TPSA) is 44.8 Å². The summed E-state index contributed by atoms with van der Waals surface area (Å²) in [5.41, 5.74) is 1.33. The molecule has 1 saturated heterocycles. The van der Waals surface area contributed by atoms with Crippen molar-refractivity contribution in [3.05, 3.63) is 21.9 Å². The molecule has 1 amide bonds. The number of fused-ring (bicyclic) bond motifs is 1. The van der Waals surface area contributed by atoms with Gasteiger partial charge in [0, 0.05) is 44.1 Å². The maximum absolute atomic E-state index is 12.2. The lowest BCUT2D eigenvalue weighted by Crippen LogP contribution is -2.44. The molecule has 0 aliphatic carbocycles. The summed E-state index contributed by atoms with van der Waals surface area (Å²) in [7, 11) is 0. The molecule has 0 radical (unpaired) electrons. The third-order valence-corrected chi connectivity index (χ3v) is 5.17. The van der Waals surface area contributed by atoms with Crippen LogP contribution in [0.2, 0.25) is 0 Å². The number of carbonyl (C=O) groups is 1. The summed E-state index contributed by atoms with van der Waals surface area (Å²) in [6.45, 7) is 7.61. The molecule has 116 valence electrons. The van der Waals surface area contributed by atoms with Crippen molar-refractivity contribution in [1.29, 1.82) is 0 Å². The van der Waals surface area contributed by atoms with Crippen LogP contribution < -0.4 is 5.32 Å². The molecule has 0 aromatic carbocycles. The Morgan fingerprint density at radius 2 is 2.19 bits per heavy atom. The second kappa shape index (κ2) is 7.35. The van der Waals surface area contributed by atoms with Crippen molar-refractivity contribution < 1.29 is 9.53 Å². The van der Waals surface area contributed by atoms with Crippen LogP contribution in [0.1, 0.15) is 10.4 Å².